The van der Waals surface area contributed by atoms with Crippen LogP contribution in [-0.4, -0.2) is 6.29 Å². The van der Waals surface area contributed by atoms with Gasteiger partial charge in [0, 0.05) is 5.02 Å². The molecule has 1 rings (SSSR count). The zero-order valence-corrected chi connectivity index (χ0v) is 7.36. The molecule has 0 amide bonds. The van der Waals surface area contributed by atoms with Crippen molar-refractivity contribution < 1.29 is 9.18 Å². The number of hydrogen-bond acceptors (Lipinski definition) is 1. The van der Waals surface area contributed by atoms with Crippen molar-refractivity contribution in [3.63, 3.8) is 0 Å². The highest BCUT2D eigenvalue weighted by Gasteiger charge is 2.09. The molecule has 64 valence electrons. The molecule has 0 radical (unpaired) electrons. The van der Waals surface area contributed by atoms with Crippen LogP contribution in [0.2, 0.25) is 5.02 Å². The van der Waals surface area contributed by atoms with E-state index < -0.39 is 5.82 Å². The molecule has 0 aliphatic heterocycles. The molecule has 1 aromatic carbocycles. The van der Waals surface area contributed by atoms with Crippen molar-refractivity contribution >= 4 is 17.9 Å². The number of rotatable bonds is 2. The molecule has 0 spiro atoms. The lowest BCUT2D eigenvalue weighted by Crippen LogP contribution is -1.96. The highest BCUT2D eigenvalue weighted by Crippen LogP contribution is 2.21. The molecule has 0 atom stereocenters. The van der Waals surface area contributed by atoms with Crippen LogP contribution in [0.3, 0.4) is 0 Å². The molecule has 0 bridgehead atoms. The fourth-order valence-corrected chi connectivity index (χ4v) is 1.39. The number of carbonyl (C=O) groups is 1. The molecule has 12 heavy (non-hydrogen) atoms. The third-order valence-electron chi connectivity index (χ3n) is 1.72. The van der Waals surface area contributed by atoms with E-state index in [0.717, 1.165) is 0 Å². The zero-order valence-electron chi connectivity index (χ0n) is 6.60. The first kappa shape index (κ1) is 9.20. The third-order valence-corrected chi connectivity index (χ3v) is 2.07. The quantitative estimate of drug-likeness (QED) is 0.650. The maximum atomic E-state index is 12.9. The van der Waals surface area contributed by atoms with Crippen molar-refractivity contribution in [3.05, 3.63) is 34.1 Å². The Morgan fingerprint density at radius 2 is 2.25 bits per heavy atom. The summed E-state index contributed by atoms with van der Waals surface area (Å²) in [4.78, 5) is 10.5. The van der Waals surface area contributed by atoms with Crippen LogP contribution in [0.15, 0.2) is 12.1 Å². The molecule has 0 aromatic heterocycles. The zero-order chi connectivity index (χ0) is 9.14. The Bertz CT molecular complexity index is 310. The van der Waals surface area contributed by atoms with Gasteiger partial charge in [0.25, 0.3) is 0 Å². The van der Waals surface area contributed by atoms with Crippen LogP contribution in [0, 0.1) is 5.82 Å². The average Bonchev–Trinajstić information content (AvgIpc) is 2.08. The highest BCUT2D eigenvalue weighted by molar-refractivity contribution is 6.31. The lowest BCUT2D eigenvalue weighted by molar-refractivity contribution is 0.111. The van der Waals surface area contributed by atoms with Crippen molar-refractivity contribution in [3.8, 4) is 0 Å². The Labute approximate surface area is 75.2 Å². The molecule has 0 saturated heterocycles. The molecule has 1 nitrogen and oxygen atoms in total. The largest absolute Gasteiger partial charge is 0.298 e. The number of hydrogen-bond donors (Lipinski definition) is 0. The second-order valence-electron chi connectivity index (χ2n) is 2.39. The standard InChI is InChI=1S/C9H8ClFO/c1-2-6-7(5-12)9(11)4-3-8(6)10/h3-5H,2H2,1H3. The Balaban J connectivity index is 3.38. The molecule has 0 saturated carbocycles. The Morgan fingerprint density at radius 1 is 1.58 bits per heavy atom. The maximum Gasteiger partial charge on any atom is 0.153 e. The van der Waals surface area contributed by atoms with Gasteiger partial charge in [-0.2, -0.15) is 0 Å². The van der Waals surface area contributed by atoms with E-state index in [2.05, 4.69) is 0 Å². The summed E-state index contributed by atoms with van der Waals surface area (Å²) in [5, 5.41) is 0.445. The van der Waals surface area contributed by atoms with E-state index in [-0.39, 0.29) is 5.56 Å². The third kappa shape index (κ3) is 1.48. The normalized spacial score (nSPS) is 9.92. The van der Waals surface area contributed by atoms with Gasteiger partial charge in [-0.1, -0.05) is 18.5 Å². The van der Waals surface area contributed by atoms with E-state index in [1.165, 1.54) is 12.1 Å². The number of halogens is 2. The van der Waals surface area contributed by atoms with Gasteiger partial charge in [-0.15, -0.1) is 0 Å². The summed E-state index contributed by atoms with van der Waals surface area (Å²) in [6.45, 7) is 1.83. The van der Waals surface area contributed by atoms with E-state index in [1.807, 2.05) is 6.92 Å². The summed E-state index contributed by atoms with van der Waals surface area (Å²) in [5.74, 6) is -0.508. The van der Waals surface area contributed by atoms with E-state index in [4.69, 9.17) is 11.6 Å². The smallest absolute Gasteiger partial charge is 0.153 e. The van der Waals surface area contributed by atoms with Crippen molar-refractivity contribution in [2.24, 2.45) is 0 Å². The molecule has 0 aliphatic carbocycles. The fourth-order valence-electron chi connectivity index (χ4n) is 1.10. The minimum absolute atomic E-state index is 0.0741. The van der Waals surface area contributed by atoms with E-state index in [0.29, 0.717) is 23.3 Å². The van der Waals surface area contributed by atoms with Gasteiger partial charge in [-0.25, -0.2) is 4.39 Å². The SMILES string of the molecule is CCc1c(Cl)ccc(F)c1C=O. The van der Waals surface area contributed by atoms with E-state index in [9.17, 15) is 9.18 Å². The second-order valence-corrected chi connectivity index (χ2v) is 2.80. The summed E-state index contributed by atoms with van der Waals surface area (Å²) in [6.07, 6.45) is 1.06. The van der Waals surface area contributed by atoms with Crippen molar-refractivity contribution in [2.45, 2.75) is 13.3 Å². The highest BCUT2D eigenvalue weighted by atomic mass is 35.5. The monoisotopic (exact) mass is 186 g/mol. The molecular weight excluding hydrogens is 179 g/mol. The number of benzene rings is 1. The summed E-state index contributed by atoms with van der Waals surface area (Å²) in [7, 11) is 0. The van der Waals surface area contributed by atoms with Crippen LogP contribution in [0.5, 0.6) is 0 Å². The van der Waals surface area contributed by atoms with Gasteiger partial charge in [0.05, 0.1) is 5.56 Å². The second kappa shape index (κ2) is 3.68. The first-order valence-electron chi connectivity index (χ1n) is 3.62. The topological polar surface area (TPSA) is 17.1 Å². The summed E-state index contributed by atoms with van der Waals surface area (Å²) in [5.41, 5.74) is 0.650. The molecule has 1 aromatic rings. The summed E-state index contributed by atoms with van der Waals surface area (Å²) >= 11 is 5.75. The van der Waals surface area contributed by atoms with Crippen LogP contribution in [-0.2, 0) is 6.42 Å². The Morgan fingerprint density at radius 3 is 2.67 bits per heavy atom. The van der Waals surface area contributed by atoms with Gasteiger partial charge in [0.1, 0.15) is 5.82 Å². The first-order chi connectivity index (χ1) is 5.70. The van der Waals surface area contributed by atoms with Crippen molar-refractivity contribution in [1.29, 1.82) is 0 Å². The molecule has 0 N–H and O–H groups in total. The number of aldehydes is 1. The van der Waals surface area contributed by atoms with Gasteiger partial charge in [-0.05, 0) is 24.1 Å². The fraction of sp³-hybridized carbons (Fsp3) is 0.222. The minimum Gasteiger partial charge on any atom is -0.298 e. The molecule has 0 fully saturated rings. The molecule has 0 heterocycles. The van der Waals surface area contributed by atoms with Gasteiger partial charge in [0.2, 0.25) is 0 Å². The Kier molecular flexibility index (Phi) is 2.82. The van der Waals surface area contributed by atoms with E-state index >= 15 is 0 Å². The molecule has 0 unspecified atom stereocenters. The van der Waals surface area contributed by atoms with Crippen LogP contribution in [0.1, 0.15) is 22.8 Å². The van der Waals surface area contributed by atoms with Crippen LogP contribution < -0.4 is 0 Å². The van der Waals surface area contributed by atoms with Crippen LogP contribution >= 0.6 is 11.6 Å². The minimum atomic E-state index is -0.508. The average molecular weight is 187 g/mol. The van der Waals surface area contributed by atoms with Crippen LogP contribution in [0.4, 0.5) is 4.39 Å². The van der Waals surface area contributed by atoms with E-state index in [1.54, 1.807) is 0 Å². The molecular formula is C9H8ClFO. The maximum absolute atomic E-state index is 12.9. The number of carbonyl (C=O) groups excluding carboxylic acids is 1. The van der Waals surface area contributed by atoms with Gasteiger partial charge < -0.3 is 0 Å². The van der Waals surface area contributed by atoms with Gasteiger partial charge >= 0.3 is 0 Å². The van der Waals surface area contributed by atoms with Gasteiger partial charge in [0.15, 0.2) is 6.29 Å². The summed E-state index contributed by atoms with van der Waals surface area (Å²) < 4.78 is 12.9. The van der Waals surface area contributed by atoms with Crippen molar-refractivity contribution in [2.75, 3.05) is 0 Å². The molecule has 0 aliphatic rings. The lowest BCUT2D eigenvalue weighted by Gasteiger charge is -2.04. The molecule has 3 heteroatoms. The first-order valence-corrected chi connectivity index (χ1v) is 4.00. The predicted octanol–water partition coefficient (Wildman–Crippen LogP) is 2.85. The summed E-state index contributed by atoms with van der Waals surface area (Å²) in [6, 6.07) is 2.66. The predicted molar refractivity (Wildman–Crippen MR) is 46.2 cm³/mol. The lowest BCUT2D eigenvalue weighted by atomic mass is 10.1. The Hall–Kier alpha value is -0.890. The van der Waals surface area contributed by atoms with Crippen molar-refractivity contribution in [1.82, 2.24) is 0 Å². The van der Waals surface area contributed by atoms with Gasteiger partial charge in [-0.3, -0.25) is 4.79 Å². The van der Waals surface area contributed by atoms with Crippen LogP contribution in [0.25, 0.3) is 0 Å².